The van der Waals surface area contributed by atoms with Gasteiger partial charge in [0, 0.05) is 13.2 Å². The van der Waals surface area contributed by atoms with Gasteiger partial charge in [0.2, 0.25) is 0 Å². The first-order valence-electron chi connectivity index (χ1n) is 7.79. The van der Waals surface area contributed by atoms with Crippen LogP contribution in [0.25, 0.3) is 0 Å². The lowest BCUT2D eigenvalue weighted by Crippen LogP contribution is -2.42. The van der Waals surface area contributed by atoms with Crippen LogP contribution in [0.5, 0.6) is 0 Å². The summed E-state index contributed by atoms with van der Waals surface area (Å²) in [6.07, 6.45) is 6.21. The predicted octanol–water partition coefficient (Wildman–Crippen LogP) is 2.96. The van der Waals surface area contributed by atoms with Crippen LogP contribution in [0.2, 0.25) is 0 Å². The summed E-state index contributed by atoms with van der Waals surface area (Å²) >= 11 is 0. The van der Waals surface area contributed by atoms with E-state index >= 15 is 0 Å². The van der Waals surface area contributed by atoms with Crippen molar-refractivity contribution in [2.24, 2.45) is 12.5 Å². The van der Waals surface area contributed by atoms with Gasteiger partial charge in [0.05, 0.1) is 33.0 Å². The summed E-state index contributed by atoms with van der Waals surface area (Å²) < 4.78 is 17.2. The van der Waals surface area contributed by atoms with Gasteiger partial charge in [-0.1, -0.05) is 19.8 Å². The summed E-state index contributed by atoms with van der Waals surface area (Å²) in [6.45, 7) is 8.07. The SMILES string of the molecule is Cn1cc(C#N)c([C@H](NS(=O)C(C)(C)C)C2(C)CCCC2)n1. The number of nitriles is 1. The van der Waals surface area contributed by atoms with E-state index in [9.17, 15) is 9.47 Å². The molecule has 2 atom stereocenters. The number of nitrogens with zero attached hydrogens (tertiary/aromatic N) is 3. The number of aromatic nitrogens is 2. The lowest BCUT2D eigenvalue weighted by molar-refractivity contribution is 0.244. The van der Waals surface area contributed by atoms with Gasteiger partial charge < -0.3 is 0 Å². The molecule has 6 heteroatoms. The molecule has 0 spiro atoms. The molecule has 0 aromatic carbocycles. The topological polar surface area (TPSA) is 70.7 Å². The van der Waals surface area contributed by atoms with Crippen molar-refractivity contribution >= 4 is 11.0 Å². The molecule has 1 aromatic rings. The van der Waals surface area contributed by atoms with Crippen molar-refractivity contribution in [3.63, 3.8) is 0 Å². The van der Waals surface area contributed by atoms with Crippen LogP contribution in [0, 0.1) is 16.7 Å². The van der Waals surface area contributed by atoms with E-state index in [4.69, 9.17) is 0 Å². The first-order chi connectivity index (χ1) is 10.2. The Morgan fingerprint density at radius 3 is 2.55 bits per heavy atom. The molecular weight excluding hydrogens is 296 g/mol. The van der Waals surface area contributed by atoms with Crippen molar-refractivity contribution in [1.82, 2.24) is 14.5 Å². The quantitative estimate of drug-likeness (QED) is 0.926. The fourth-order valence-electron chi connectivity index (χ4n) is 3.09. The maximum Gasteiger partial charge on any atom is 0.103 e. The van der Waals surface area contributed by atoms with Gasteiger partial charge in [-0.25, -0.2) is 8.93 Å². The van der Waals surface area contributed by atoms with Crippen molar-refractivity contribution < 1.29 is 4.21 Å². The smallest absolute Gasteiger partial charge is 0.103 e. The van der Waals surface area contributed by atoms with Crippen molar-refractivity contribution in [3.8, 4) is 6.07 Å². The van der Waals surface area contributed by atoms with Crippen molar-refractivity contribution in [2.75, 3.05) is 0 Å². The summed E-state index contributed by atoms with van der Waals surface area (Å²) in [7, 11) is 0.619. The van der Waals surface area contributed by atoms with Crippen LogP contribution in [0.4, 0.5) is 0 Å². The summed E-state index contributed by atoms with van der Waals surface area (Å²) in [5, 5.41) is 13.9. The Morgan fingerprint density at radius 2 is 2.05 bits per heavy atom. The van der Waals surface area contributed by atoms with Gasteiger partial charge >= 0.3 is 0 Å². The molecular formula is C16H26N4OS. The van der Waals surface area contributed by atoms with E-state index in [1.165, 1.54) is 12.8 Å². The average molecular weight is 322 g/mol. The van der Waals surface area contributed by atoms with Crippen LogP contribution in [0.3, 0.4) is 0 Å². The molecule has 1 saturated carbocycles. The molecule has 0 aliphatic heterocycles. The fraction of sp³-hybridized carbons (Fsp3) is 0.750. The van der Waals surface area contributed by atoms with Gasteiger partial charge in [-0.2, -0.15) is 10.4 Å². The Balaban J connectivity index is 2.42. The highest BCUT2D eigenvalue weighted by atomic mass is 32.2. The molecule has 122 valence electrons. The number of aryl methyl sites for hydroxylation is 1. The molecule has 0 amide bonds. The van der Waals surface area contributed by atoms with Gasteiger partial charge in [-0.05, 0) is 39.0 Å². The summed E-state index contributed by atoms with van der Waals surface area (Å²) in [5.74, 6) is 0. The van der Waals surface area contributed by atoms with Gasteiger partial charge in [0.25, 0.3) is 0 Å². The highest BCUT2D eigenvalue weighted by Crippen LogP contribution is 2.47. The Labute approximate surface area is 135 Å². The summed E-state index contributed by atoms with van der Waals surface area (Å²) in [4.78, 5) is 0. The third-order valence-corrected chi connectivity index (χ3v) is 6.04. The second-order valence-corrected chi connectivity index (χ2v) is 9.50. The molecule has 1 N–H and O–H groups in total. The number of hydrogen-bond acceptors (Lipinski definition) is 3. The van der Waals surface area contributed by atoms with E-state index in [-0.39, 0.29) is 16.2 Å². The average Bonchev–Trinajstić information content (AvgIpc) is 3.01. The Bertz CT molecular complexity index is 603. The molecule has 0 bridgehead atoms. The fourth-order valence-corrected chi connectivity index (χ4v) is 4.05. The Hall–Kier alpha value is -1.19. The van der Waals surface area contributed by atoms with E-state index in [1.54, 1.807) is 10.9 Å². The van der Waals surface area contributed by atoms with Crippen LogP contribution in [-0.2, 0) is 18.0 Å². The highest BCUT2D eigenvalue weighted by molar-refractivity contribution is 7.84. The summed E-state index contributed by atoms with van der Waals surface area (Å²) in [6, 6.07) is 2.07. The molecule has 22 heavy (non-hydrogen) atoms. The molecule has 0 saturated heterocycles. The van der Waals surface area contributed by atoms with Gasteiger partial charge in [-0.3, -0.25) is 4.68 Å². The van der Waals surface area contributed by atoms with Gasteiger partial charge in [0.15, 0.2) is 0 Å². The van der Waals surface area contributed by atoms with Crippen molar-refractivity contribution in [1.29, 1.82) is 5.26 Å². The number of nitrogens with one attached hydrogen (secondary N) is 1. The molecule has 1 aromatic heterocycles. The molecule has 1 aliphatic rings. The van der Waals surface area contributed by atoms with Crippen LogP contribution < -0.4 is 4.72 Å². The van der Waals surface area contributed by atoms with Crippen LogP contribution in [0.15, 0.2) is 6.20 Å². The van der Waals surface area contributed by atoms with E-state index in [2.05, 4.69) is 22.8 Å². The highest BCUT2D eigenvalue weighted by Gasteiger charge is 2.42. The molecule has 1 fully saturated rings. The standard InChI is InChI=1S/C16H26N4OS/c1-15(2,3)22(21)19-14(16(4)8-6-7-9-16)13-12(10-17)11-20(5)18-13/h11,14,19H,6-9H2,1-5H3/t14-,22?/m0/s1. The minimum absolute atomic E-state index is 0.0130. The number of hydrogen-bond donors (Lipinski definition) is 1. The van der Waals surface area contributed by atoms with E-state index in [1.807, 2.05) is 27.8 Å². The zero-order valence-electron chi connectivity index (χ0n) is 14.1. The third-order valence-electron chi connectivity index (χ3n) is 4.48. The van der Waals surface area contributed by atoms with Gasteiger partial charge in [0.1, 0.15) is 6.07 Å². The second kappa shape index (κ2) is 6.13. The lowest BCUT2D eigenvalue weighted by atomic mass is 9.79. The zero-order valence-corrected chi connectivity index (χ0v) is 15.0. The molecule has 2 rings (SSSR count). The van der Waals surface area contributed by atoms with E-state index in [0.717, 1.165) is 18.5 Å². The van der Waals surface area contributed by atoms with Crippen molar-refractivity contribution in [3.05, 3.63) is 17.5 Å². The Morgan fingerprint density at radius 1 is 1.45 bits per heavy atom. The summed E-state index contributed by atoms with van der Waals surface area (Å²) in [5.41, 5.74) is 1.28. The first kappa shape index (κ1) is 17.2. The minimum atomic E-state index is -1.20. The predicted molar refractivity (Wildman–Crippen MR) is 88.3 cm³/mol. The molecule has 0 radical (unpaired) electrons. The molecule has 1 unspecified atom stereocenters. The molecule has 1 aliphatic carbocycles. The second-order valence-electron chi connectivity index (χ2n) is 7.51. The Kier molecular flexibility index (Phi) is 4.78. The van der Waals surface area contributed by atoms with Gasteiger partial charge in [-0.15, -0.1) is 0 Å². The first-order valence-corrected chi connectivity index (χ1v) is 8.94. The largest absolute Gasteiger partial charge is 0.274 e. The van der Waals surface area contributed by atoms with Crippen LogP contribution in [0.1, 0.15) is 70.7 Å². The third kappa shape index (κ3) is 3.41. The minimum Gasteiger partial charge on any atom is -0.274 e. The zero-order chi connectivity index (χ0) is 16.5. The number of rotatable bonds is 4. The maximum atomic E-state index is 12.6. The lowest BCUT2D eigenvalue weighted by Gasteiger charge is -2.35. The van der Waals surface area contributed by atoms with E-state index in [0.29, 0.717) is 5.56 Å². The normalized spacial score (nSPS) is 20.5. The van der Waals surface area contributed by atoms with E-state index < -0.39 is 11.0 Å². The van der Waals surface area contributed by atoms with Crippen LogP contribution >= 0.6 is 0 Å². The van der Waals surface area contributed by atoms with Crippen LogP contribution in [-0.4, -0.2) is 18.7 Å². The maximum absolute atomic E-state index is 12.6. The molecule has 5 nitrogen and oxygen atoms in total. The van der Waals surface area contributed by atoms with Crippen molar-refractivity contribution in [2.45, 2.75) is 64.2 Å². The monoisotopic (exact) mass is 322 g/mol. The molecule has 1 heterocycles.